The third kappa shape index (κ3) is 4.73. The number of methoxy groups -OCH3 is 1. The lowest BCUT2D eigenvalue weighted by Crippen LogP contribution is -2.60. The Bertz CT molecular complexity index is 1050. The second kappa shape index (κ2) is 11.0. The minimum Gasteiger partial charge on any atom is -0.493 e. The fourth-order valence-corrected chi connectivity index (χ4v) is 6.39. The van der Waals surface area contributed by atoms with Gasteiger partial charge in [-0.2, -0.15) is 0 Å². The number of ether oxygens (including phenoxy) is 2. The highest BCUT2D eigenvalue weighted by Gasteiger charge is 2.53. The van der Waals surface area contributed by atoms with Crippen molar-refractivity contribution in [3.05, 3.63) is 34.9 Å². The minimum absolute atomic E-state index is 0.00959. The molecule has 0 radical (unpaired) electrons. The molecule has 202 valence electrons. The van der Waals surface area contributed by atoms with Crippen LogP contribution in [-0.2, 0) is 16.2 Å². The molecule has 0 saturated heterocycles. The largest absolute Gasteiger partial charge is 0.493 e. The Balaban J connectivity index is 1.59. The van der Waals surface area contributed by atoms with Gasteiger partial charge in [-0.3, -0.25) is 9.59 Å². The standard InChI is InChI=1S/C28H38N2O7/c1-36-22-13-16(15-32)12-19-23-20(27(34)29-10-11-31)14-21(24(33)26(23)37-25(19)22)30(18-8-3-2-4-9-18)28(35)17-6-5-7-17/h12-14,17-18,21,23-24,26,31-33H,2-11,15H2,1H3,(H,29,34)/t21-,23+,24+,26+/m1/s1. The van der Waals surface area contributed by atoms with Crippen molar-refractivity contribution in [2.45, 2.75) is 88.2 Å². The van der Waals surface area contributed by atoms with Crippen LogP contribution in [0.1, 0.15) is 68.4 Å². The summed E-state index contributed by atoms with van der Waals surface area (Å²) in [6.07, 6.45) is 7.59. The highest BCUT2D eigenvalue weighted by atomic mass is 16.5. The fourth-order valence-electron chi connectivity index (χ4n) is 6.39. The molecule has 9 heteroatoms. The first-order chi connectivity index (χ1) is 18.0. The summed E-state index contributed by atoms with van der Waals surface area (Å²) in [5.41, 5.74) is 1.66. The lowest BCUT2D eigenvalue weighted by Gasteiger charge is -2.47. The van der Waals surface area contributed by atoms with Crippen LogP contribution in [0.25, 0.3) is 0 Å². The van der Waals surface area contributed by atoms with Crippen LogP contribution in [0.3, 0.4) is 0 Å². The summed E-state index contributed by atoms with van der Waals surface area (Å²) < 4.78 is 11.8. The predicted octanol–water partition coefficient (Wildman–Crippen LogP) is 1.77. The molecule has 37 heavy (non-hydrogen) atoms. The number of fused-ring (bicyclic) bond motifs is 3. The number of carbonyl (C=O) groups is 2. The molecule has 1 heterocycles. The van der Waals surface area contributed by atoms with E-state index in [2.05, 4.69) is 5.32 Å². The van der Waals surface area contributed by atoms with E-state index < -0.39 is 24.2 Å². The SMILES string of the molecule is COc1cc(CO)cc2c1O[C@@H]1[C@@H](O)[C@H](N(C(=O)C3CCC3)C3CCCCC3)C=C(C(=O)NCCO)[C@H]21. The molecule has 1 aromatic rings. The summed E-state index contributed by atoms with van der Waals surface area (Å²) in [5, 5.41) is 33.7. The van der Waals surface area contributed by atoms with Crippen LogP contribution in [0.5, 0.6) is 11.5 Å². The predicted molar refractivity (Wildman–Crippen MR) is 135 cm³/mol. The zero-order valence-corrected chi connectivity index (χ0v) is 21.4. The van der Waals surface area contributed by atoms with Crippen LogP contribution < -0.4 is 14.8 Å². The van der Waals surface area contributed by atoms with Crippen LogP contribution in [0.2, 0.25) is 0 Å². The number of aliphatic hydroxyl groups excluding tert-OH is 3. The average Bonchev–Trinajstić information content (AvgIpc) is 3.27. The Labute approximate surface area is 217 Å². The number of aliphatic hydroxyl groups is 3. The van der Waals surface area contributed by atoms with E-state index in [1.165, 1.54) is 7.11 Å². The summed E-state index contributed by atoms with van der Waals surface area (Å²) in [6, 6.07) is 2.77. The van der Waals surface area contributed by atoms with Crippen molar-refractivity contribution in [3.8, 4) is 11.5 Å². The molecule has 2 saturated carbocycles. The quantitative estimate of drug-likeness (QED) is 0.416. The first kappa shape index (κ1) is 26.0. The molecule has 0 spiro atoms. The molecule has 3 aliphatic carbocycles. The molecule has 1 aromatic carbocycles. The molecule has 0 aromatic heterocycles. The molecule has 2 amide bonds. The molecule has 0 unspecified atom stereocenters. The van der Waals surface area contributed by atoms with Crippen molar-refractivity contribution in [1.82, 2.24) is 10.2 Å². The van der Waals surface area contributed by atoms with Crippen LogP contribution >= 0.6 is 0 Å². The maximum atomic E-state index is 13.8. The zero-order valence-electron chi connectivity index (χ0n) is 21.4. The number of amides is 2. The van der Waals surface area contributed by atoms with Gasteiger partial charge in [-0.15, -0.1) is 0 Å². The van der Waals surface area contributed by atoms with E-state index in [4.69, 9.17) is 9.47 Å². The topological polar surface area (TPSA) is 129 Å². The van der Waals surface area contributed by atoms with Crippen molar-refractivity contribution < 1.29 is 34.4 Å². The number of carbonyl (C=O) groups excluding carboxylic acids is 2. The normalized spacial score (nSPS) is 27.3. The van der Waals surface area contributed by atoms with Crippen molar-refractivity contribution in [2.24, 2.45) is 5.92 Å². The molecule has 4 N–H and O–H groups in total. The number of benzene rings is 1. The lowest BCUT2D eigenvalue weighted by molar-refractivity contribution is -0.148. The van der Waals surface area contributed by atoms with Crippen molar-refractivity contribution in [3.63, 3.8) is 0 Å². The summed E-state index contributed by atoms with van der Waals surface area (Å²) in [6.45, 7) is -0.335. The molecule has 9 nitrogen and oxygen atoms in total. The van der Waals surface area contributed by atoms with E-state index in [0.29, 0.717) is 28.2 Å². The maximum Gasteiger partial charge on any atom is 0.247 e. The number of hydrogen-bond donors (Lipinski definition) is 4. The Kier molecular flexibility index (Phi) is 7.74. The van der Waals surface area contributed by atoms with Crippen LogP contribution in [-0.4, -0.2) is 76.6 Å². The van der Waals surface area contributed by atoms with Gasteiger partial charge in [0.2, 0.25) is 11.8 Å². The second-order valence-electron chi connectivity index (χ2n) is 10.7. The molecule has 2 fully saturated rings. The van der Waals surface area contributed by atoms with Crippen LogP contribution in [0, 0.1) is 5.92 Å². The van der Waals surface area contributed by atoms with Gasteiger partial charge in [-0.1, -0.05) is 25.7 Å². The summed E-state index contributed by atoms with van der Waals surface area (Å²) in [7, 11) is 1.51. The van der Waals surface area contributed by atoms with E-state index in [9.17, 15) is 24.9 Å². The number of nitrogens with one attached hydrogen (secondary N) is 1. The Morgan fingerprint density at radius 1 is 1.11 bits per heavy atom. The molecule has 0 bridgehead atoms. The molecule has 4 atom stereocenters. The van der Waals surface area contributed by atoms with Gasteiger partial charge in [0.15, 0.2) is 11.5 Å². The van der Waals surface area contributed by atoms with Crippen molar-refractivity contribution >= 4 is 11.8 Å². The first-order valence-electron chi connectivity index (χ1n) is 13.6. The fraction of sp³-hybridized carbons (Fsp3) is 0.643. The highest BCUT2D eigenvalue weighted by Crippen LogP contribution is 2.52. The van der Waals surface area contributed by atoms with Gasteiger partial charge >= 0.3 is 0 Å². The lowest BCUT2D eigenvalue weighted by atomic mass is 9.75. The first-order valence-corrected chi connectivity index (χ1v) is 13.6. The molecular formula is C28H38N2O7. The number of rotatable bonds is 8. The maximum absolute atomic E-state index is 13.8. The summed E-state index contributed by atoms with van der Waals surface area (Å²) >= 11 is 0. The van der Waals surface area contributed by atoms with Gasteiger partial charge in [-0.25, -0.2) is 0 Å². The summed E-state index contributed by atoms with van der Waals surface area (Å²) in [4.78, 5) is 29.1. The number of nitrogens with zero attached hydrogens (tertiary/aromatic N) is 1. The molecule has 1 aliphatic heterocycles. The van der Waals surface area contributed by atoms with Gasteiger partial charge in [0.05, 0.1) is 32.3 Å². The monoisotopic (exact) mass is 514 g/mol. The Morgan fingerprint density at radius 3 is 2.49 bits per heavy atom. The van der Waals surface area contributed by atoms with E-state index in [-0.39, 0.29) is 43.5 Å². The third-order valence-corrected chi connectivity index (χ3v) is 8.49. The summed E-state index contributed by atoms with van der Waals surface area (Å²) in [5.74, 6) is -0.101. The van der Waals surface area contributed by atoms with E-state index in [0.717, 1.165) is 51.4 Å². The van der Waals surface area contributed by atoms with Gasteiger partial charge < -0.3 is 35.0 Å². The Morgan fingerprint density at radius 2 is 1.86 bits per heavy atom. The Hall–Kier alpha value is -2.62. The van der Waals surface area contributed by atoms with Gasteiger partial charge in [0.1, 0.15) is 12.2 Å². The van der Waals surface area contributed by atoms with Gasteiger partial charge in [-0.05, 0) is 49.5 Å². The number of hydrogen-bond acceptors (Lipinski definition) is 7. The zero-order chi connectivity index (χ0) is 26.1. The van der Waals surface area contributed by atoms with Crippen molar-refractivity contribution in [1.29, 1.82) is 0 Å². The van der Waals surface area contributed by atoms with Crippen LogP contribution in [0.15, 0.2) is 23.8 Å². The third-order valence-electron chi connectivity index (χ3n) is 8.49. The molecular weight excluding hydrogens is 476 g/mol. The smallest absolute Gasteiger partial charge is 0.247 e. The second-order valence-corrected chi connectivity index (χ2v) is 10.7. The minimum atomic E-state index is -1.06. The van der Waals surface area contributed by atoms with Crippen molar-refractivity contribution in [2.75, 3.05) is 20.3 Å². The molecule has 4 aliphatic rings. The van der Waals surface area contributed by atoms with Crippen LogP contribution in [0.4, 0.5) is 0 Å². The van der Waals surface area contributed by atoms with E-state index in [1.54, 1.807) is 18.2 Å². The van der Waals surface area contributed by atoms with Gasteiger partial charge in [0.25, 0.3) is 0 Å². The molecule has 5 rings (SSSR count). The average molecular weight is 515 g/mol. The van der Waals surface area contributed by atoms with E-state index >= 15 is 0 Å². The van der Waals surface area contributed by atoms with Gasteiger partial charge in [0, 0.05) is 29.6 Å². The van der Waals surface area contributed by atoms with E-state index in [1.807, 2.05) is 4.90 Å². The highest BCUT2D eigenvalue weighted by molar-refractivity contribution is 5.96.